The minimum atomic E-state index is -0.730. The largest absolute Gasteiger partial charge is 0.388 e. The maximum Gasteiger partial charge on any atom is 0.123 e. The van der Waals surface area contributed by atoms with Gasteiger partial charge in [0.15, 0.2) is 0 Å². The van der Waals surface area contributed by atoms with Crippen LogP contribution in [-0.2, 0) is 6.42 Å². The zero-order chi connectivity index (χ0) is 12.3. The van der Waals surface area contributed by atoms with Crippen molar-refractivity contribution in [2.75, 3.05) is 0 Å². The summed E-state index contributed by atoms with van der Waals surface area (Å²) in [7, 11) is 0. The van der Waals surface area contributed by atoms with Crippen molar-refractivity contribution in [2.24, 2.45) is 5.73 Å². The maximum absolute atomic E-state index is 12.7. The molecule has 1 aromatic rings. The standard InChI is InChI=1S/C14H20FNO/c15-12-6-4-11(5-7-12)8-10-14(17)9-2-1-3-13(14)16/h4-7,13,17H,1-3,8-10,16H2. The van der Waals surface area contributed by atoms with E-state index in [1.54, 1.807) is 12.1 Å². The predicted octanol–water partition coefficient (Wildman–Crippen LogP) is 2.39. The zero-order valence-corrected chi connectivity index (χ0v) is 10.0. The van der Waals surface area contributed by atoms with Crippen LogP contribution >= 0.6 is 0 Å². The first-order chi connectivity index (χ1) is 8.10. The highest BCUT2D eigenvalue weighted by molar-refractivity contribution is 5.16. The van der Waals surface area contributed by atoms with Gasteiger partial charge in [-0.3, -0.25) is 0 Å². The molecule has 0 saturated heterocycles. The van der Waals surface area contributed by atoms with Crippen LogP contribution in [0.4, 0.5) is 4.39 Å². The topological polar surface area (TPSA) is 46.2 Å². The van der Waals surface area contributed by atoms with Crippen LogP contribution in [0, 0.1) is 5.82 Å². The van der Waals surface area contributed by atoms with Crippen LogP contribution in [0.15, 0.2) is 24.3 Å². The summed E-state index contributed by atoms with van der Waals surface area (Å²) in [5, 5.41) is 10.5. The third-order valence-corrected chi connectivity index (χ3v) is 3.82. The van der Waals surface area contributed by atoms with Gasteiger partial charge in [-0.2, -0.15) is 0 Å². The van der Waals surface area contributed by atoms with Crippen LogP contribution in [0.1, 0.15) is 37.7 Å². The summed E-state index contributed by atoms with van der Waals surface area (Å²) >= 11 is 0. The van der Waals surface area contributed by atoms with Crippen LogP contribution in [0.5, 0.6) is 0 Å². The van der Waals surface area contributed by atoms with E-state index in [0.29, 0.717) is 6.42 Å². The number of rotatable bonds is 3. The first-order valence-electron chi connectivity index (χ1n) is 6.32. The van der Waals surface area contributed by atoms with Crippen molar-refractivity contribution in [3.63, 3.8) is 0 Å². The molecule has 1 saturated carbocycles. The van der Waals surface area contributed by atoms with Gasteiger partial charge < -0.3 is 10.8 Å². The SMILES string of the molecule is NC1CCCCC1(O)CCc1ccc(F)cc1. The summed E-state index contributed by atoms with van der Waals surface area (Å²) in [6, 6.07) is 6.34. The molecule has 2 nitrogen and oxygen atoms in total. The molecule has 1 aliphatic rings. The highest BCUT2D eigenvalue weighted by Crippen LogP contribution is 2.31. The van der Waals surface area contributed by atoms with Crippen LogP contribution in [0.2, 0.25) is 0 Å². The molecule has 0 radical (unpaired) electrons. The Balaban J connectivity index is 1.94. The lowest BCUT2D eigenvalue weighted by Gasteiger charge is -2.38. The molecule has 1 fully saturated rings. The third kappa shape index (κ3) is 3.05. The minimum Gasteiger partial charge on any atom is -0.388 e. The van der Waals surface area contributed by atoms with Gasteiger partial charge in [0, 0.05) is 6.04 Å². The molecule has 2 atom stereocenters. The fraction of sp³-hybridized carbons (Fsp3) is 0.571. The normalized spacial score (nSPS) is 29.2. The lowest BCUT2D eigenvalue weighted by Crippen LogP contribution is -2.50. The van der Waals surface area contributed by atoms with Gasteiger partial charge in [0.05, 0.1) is 5.60 Å². The Hall–Kier alpha value is -0.930. The Morgan fingerprint density at radius 3 is 2.65 bits per heavy atom. The Morgan fingerprint density at radius 1 is 1.29 bits per heavy atom. The maximum atomic E-state index is 12.7. The van der Waals surface area contributed by atoms with Crippen molar-refractivity contribution in [3.8, 4) is 0 Å². The molecule has 3 N–H and O–H groups in total. The summed E-state index contributed by atoms with van der Waals surface area (Å²) in [5.41, 5.74) is 6.32. The molecular formula is C14H20FNO. The molecule has 2 rings (SSSR count). The summed E-state index contributed by atoms with van der Waals surface area (Å²) in [5.74, 6) is -0.221. The average molecular weight is 237 g/mol. The molecule has 1 aromatic carbocycles. The lowest BCUT2D eigenvalue weighted by molar-refractivity contribution is -0.0211. The van der Waals surface area contributed by atoms with E-state index in [1.807, 2.05) is 0 Å². The van der Waals surface area contributed by atoms with Crippen molar-refractivity contribution >= 4 is 0 Å². The number of nitrogens with two attached hydrogens (primary N) is 1. The smallest absolute Gasteiger partial charge is 0.123 e. The van der Waals surface area contributed by atoms with Gasteiger partial charge in [0.1, 0.15) is 5.82 Å². The van der Waals surface area contributed by atoms with Crippen LogP contribution in [0.25, 0.3) is 0 Å². The Kier molecular flexibility index (Phi) is 3.79. The molecule has 0 aliphatic heterocycles. The highest BCUT2D eigenvalue weighted by Gasteiger charge is 2.35. The molecule has 0 spiro atoms. The van der Waals surface area contributed by atoms with Gasteiger partial charge in [0.2, 0.25) is 0 Å². The predicted molar refractivity (Wildman–Crippen MR) is 66.1 cm³/mol. The minimum absolute atomic E-state index is 0.114. The molecule has 0 heterocycles. The lowest BCUT2D eigenvalue weighted by atomic mass is 9.77. The Bertz CT molecular complexity index is 365. The zero-order valence-electron chi connectivity index (χ0n) is 10.0. The van der Waals surface area contributed by atoms with Gasteiger partial charge in [0.25, 0.3) is 0 Å². The number of benzene rings is 1. The van der Waals surface area contributed by atoms with Gasteiger partial charge >= 0.3 is 0 Å². The molecule has 0 bridgehead atoms. The van der Waals surface area contributed by atoms with Crippen molar-refractivity contribution in [1.82, 2.24) is 0 Å². The first kappa shape index (κ1) is 12.5. The monoisotopic (exact) mass is 237 g/mol. The molecular weight excluding hydrogens is 217 g/mol. The van der Waals surface area contributed by atoms with Crippen LogP contribution in [0.3, 0.4) is 0 Å². The van der Waals surface area contributed by atoms with Crippen molar-refractivity contribution in [3.05, 3.63) is 35.6 Å². The van der Waals surface area contributed by atoms with E-state index in [0.717, 1.165) is 37.7 Å². The van der Waals surface area contributed by atoms with E-state index >= 15 is 0 Å². The summed E-state index contributed by atoms with van der Waals surface area (Å²) < 4.78 is 12.7. The second kappa shape index (κ2) is 5.15. The van der Waals surface area contributed by atoms with Crippen LogP contribution < -0.4 is 5.73 Å². The van der Waals surface area contributed by atoms with Crippen molar-refractivity contribution in [2.45, 2.75) is 50.2 Å². The van der Waals surface area contributed by atoms with E-state index < -0.39 is 5.60 Å². The van der Waals surface area contributed by atoms with E-state index in [1.165, 1.54) is 12.1 Å². The van der Waals surface area contributed by atoms with Crippen molar-refractivity contribution in [1.29, 1.82) is 0 Å². The Labute approximate surface area is 102 Å². The van der Waals surface area contributed by atoms with Crippen molar-refractivity contribution < 1.29 is 9.50 Å². The summed E-state index contributed by atoms with van der Waals surface area (Å²) in [4.78, 5) is 0. The summed E-state index contributed by atoms with van der Waals surface area (Å²) in [6.07, 6.45) is 5.27. The number of aryl methyl sites for hydroxylation is 1. The van der Waals surface area contributed by atoms with Gasteiger partial charge in [-0.25, -0.2) is 4.39 Å². The molecule has 94 valence electrons. The average Bonchev–Trinajstić information content (AvgIpc) is 2.33. The fourth-order valence-corrected chi connectivity index (χ4v) is 2.57. The molecule has 0 amide bonds. The molecule has 17 heavy (non-hydrogen) atoms. The molecule has 1 aliphatic carbocycles. The number of hydrogen-bond acceptors (Lipinski definition) is 2. The Morgan fingerprint density at radius 2 is 2.00 bits per heavy atom. The molecule has 0 aromatic heterocycles. The summed E-state index contributed by atoms with van der Waals surface area (Å²) in [6.45, 7) is 0. The van der Waals surface area contributed by atoms with Crippen LogP contribution in [-0.4, -0.2) is 16.7 Å². The van der Waals surface area contributed by atoms with E-state index in [2.05, 4.69) is 0 Å². The van der Waals surface area contributed by atoms with Gasteiger partial charge in [-0.1, -0.05) is 25.0 Å². The van der Waals surface area contributed by atoms with E-state index in [4.69, 9.17) is 5.73 Å². The highest BCUT2D eigenvalue weighted by atomic mass is 19.1. The second-order valence-electron chi connectivity index (χ2n) is 5.08. The quantitative estimate of drug-likeness (QED) is 0.848. The molecule has 2 unspecified atom stereocenters. The third-order valence-electron chi connectivity index (χ3n) is 3.82. The number of aliphatic hydroxyl groups is 1. The second-order valence-corrected chi connectivity index (χ2v) is 5.08. The first-order valence-corrected chi connectivity index (χ1v) is 6.32. The van der Waals surface area contributed by atoms with Gasteiger partial charge in [-0.05, 0) is 43.4 Å². The van der Waals surface area contributed by atoms with E-state index in [-0.39, 0.29) is 11.9 Å². The fourth-order valence-electron chi connectivity index (χ4n) is 2.57. The van der Waals surface area contributed by atoms with E-state index in [9.17, 15) is 9.50 Å². The number of halogens is 1. The number of hydrogen-bond donors (Lipinski definition) is 2. The molecule has 3 heteroatoms. The van der Waals surface area contributed by atoms with Gasteiger partial charge in [-0.15, -0.1) is 0 Å².